The first-order chi connectivity index (χ1) is 18.5. The number of carbonyl (C=O) groups is 3. The maximum absolute atomic E-state index is 15.1. The number of hydrogen-bond acceptors (Lipinski definition) is 5. The van der Waals surface area contributed by atoms with Crippen LogP contribution >= 0.6 is 11.6 Å². The van der Waals surface area contributed by atoms with E-state index >= 15 is 4.39 Å². The molecule has 0 aliphatic heterocycles. The molecule has 0 fully saturated rings. The number of esters is 1. The summed E-state index contributed by atoms with van der Waals surface area (Å²) in [5, 5.41) is 6.22. The van der Waals surface area contributed by atoms with Crippen molar-refractivity contribution in [2.75, 3.05) is 13.7 Å². The third kappa shape index (κ3) is 5.19. The molecule has 4 aromatic rings. The topological polar surface area (TPSA) is 90.3 Å². The maximum Gasteiger partial charge on any atom is 0.417 e. The van der Waals surface area contributed by atoms with Gasteiger partial charge < -0.3 is 10.1 Å². The summed E-state index contributed by atoms with van der Waals surface area (Å²) >= 11 is 6.03. The first-order valence-corrected chi connectivity index (χ1v) is 11.4. The molecule has 0 spiro atoms. The normalized spacial score (nSPS) is 11.2. The van der Waals surface area contributed by atoms with E-state index in [9.17, 15) is 27.6 Å². The van der Waals surface area contributed by atoms with Crippen LogP contribution in [0.25, 0.3) is 22.2 Å². The van der Waals surface area contributed by atoms with E-state index < -0.39 is 45.9 Å². The summed E-state index contributed by atoms with van der Waals surface area (Å²) in [4.78, 5) is 37.8. The molecule has 1 amide bonds. The van der Waals surface area contributed by atoms with Gasteiger partial charge in [0, 0.05) is 16.5 Å². The van der Waals surface area contributed by atoms with Gasteiger partial charge in [0.15, 0.2) is 0 Å². The van der Waals surface area contributed by atoms with Crippen molar-refractivity contribution in [3.8, 4) is 23.6 Å². The molecule has 0 unspecified atom stereocenters. The van der Waals surface area contributed by atoms with Crippen LogP contribution in [0.2, 0.25) is 5.02 Å². The summed E-state index contributed by atoms with van der Waals surface area (Å²) in [5.41, 5.74) is -2.69. The highest BCUT2D eigenvalue weighted by Gasteiger charge is 2.37. The van der Waals surface area contributed by atoms with Crippen LogP contribution in [-0.2, 0) is 10.9 Å². The van der Waals surface area contributed by atoms with E-state index in [1.54, 1.807) is 0 Å². The summed E-state index contributed by atoms with van der Waals surface area (Å²) in [5.74, 6) is -1.37. The Bertz CT molecular complexity index is 1690. The summed E-state index contributed by atoms with van der Waals surface area (Å²) in [6.07, 6.45) is 0.232. The number of hydrogen-bond donors (Lipinski definition) is 1. The summed E-state index contributed by atoms with van der Waals surface area (Å²) in [6.45, 7) is -0.105. The molecule has 4 rings (SSSR count). The first kappa shape index (κ1) is 27.3. The molecule has 0 radical (unpaired) electrons. The predicted octanol–water partition coefficient (Wildman–Crippen LogP) is 5.35. The van der Waals surface area contributed by atoms with Gasteiger partial charge in [-0.2, -0.15) is 23.0 Å². The van der Waals surface area contributed by atoms with Gasteiger partial charge in [-0.25, -0.2) is 9.18 Å². The number of fused-ring (bicyclic) bond motifs is 1. The zero-order chi connectivity index (χ0) is 28.5. The number of carbonyl (C=O) groups excluding carboxylic acids is 3. The monoisotopic (exact) mass is 557 g/mol. The summed E-state index contributed by atoms with van der Waals surface area (Å²) in [7, 11) is 1.12. The number of halogens is 5. The molecule has 0 atom stereocenters. The average molecular weight is 558 g/mol. The van der Waals surface area contributed by atoms with Crippen molar-refractivity contribution in [2.45, 2.75) is 6.18 Å². The van der Waals surface area contributed by atoms with Crippen LogP contribution < -0.4 is 5.32 Å². The Morgan fingerprint density at radius 1 is 1.10 bits per heavy atom. The highest BCUT2D eigenvalue weighted by atomic mass is 35.5. The van der Waals surface area contributed by atoms with E-state index in [1.165, 1.54) is 30.3 Å². The van der Waals surface area contributed by atoms with Crippen molar-refractivity contribution in [1.82, 2.24) is 15.1 Å². The molecule has 12 heteroatoms. The zero-order valence-corrected chi connectivity index (χ0v) is 20.7. The van der Waals surface area contributed by atoms with Crippen molar-refractivity contribution >= 4 is 40.3 Å². The molecule has 7 nitrogen and oxygen atoms in total. The standard InChI is InChI=1S/C27H16ClF4N3O4/c1-3-11-33-24(36)14-7-10-17-21(13-14)35(25(37)22-18(27(30,31)32)5-4-6-19(22)28)34-23(17)16-9-8-15(12-20(16)29)26(38)39-2/h1,4-10,12-13H,11H2,2H3,(H,33,36). The second kappa shape index (κ2) is 10.6. The first-order valence-electron chi connectivity index (χ1n) is 11.0. The fourth-order valence-electron chi connectivity index (χ4n) is 3.88. The third-order valence-corrected chi connectivity index (χ3v) is 5.98. The minimum absolute atomic E-state index is 0.00923. The third-order valence-electron chi connectivity index (χ3n) is 5.66. The SMILES string of the molecule is C#CCNC(=O)c1ccc2c(-c3ccc(C(=O)OC)cc3F)nn(C(=O)c3c(Cl)cccc3C(F)(F)F)c2c1. The molecule has 39 heavy (non-hydrogen) atoms. The molecule has 1 aromatic heterocycles. The lowest BCUT2D eigenvalue weighted by Gasteiger charge is -2.13. The van der Waals surface area contributed by atoms with E-state index in [2.05, 4.69) is 21.1 Å². The van der Waals surface area contributed by atoms with E-state index in [-0.39, 0.29) is 39.8 Å². The number of ether oxygens (including phenoxy) is 1. The molecule has 0 aliphatic carbocycles. The molecule has 198 valence electrons. The van der Waals surface area contributed by atoms with Crippen molar-refractivity contribution in [3.05, 3.63) is 87.7 Å². The lowest BCUT2D eigenvalue weighted by Crippen LogP contribution is -2.23. The average Bonchev–Trinajstić information content (AvgIpc) is 3.28. The number of amides is 1. The fourth-order valence-corrected chi connectivity index (χ4v) is 4.13. The van der Waals surface area contributed by atoms with Crippen LogP contribution in [0.1, 0.15) is 36.6 Å². The number of nitrogens with one attached hydrogen (secondary N) is 1. The number of benzene rings is 3. The molecule has 0 saturated heterocycles. The minimum Gasteiger partial charge on any atom is -0.465 e. The van der Waals surface area contributed by atoms with Gasteiger partial charge in [-0.1, -0.05) is 23.6 Å². The van der Waals surface area contributed by atoms with E-state index in [0.717, 1.165) is 25.3 Å². The quantitative estimate of drug-likeness (QED) is 0.203. The van der Waals surface area contributed by atoms with Gasteiger partial charge in [0.25, 0.3) is 11.8 Å². The lowest BCUT2D eigenvalue weighted by molar-refractivity contribution is -0.137. The van der Waals surface area contributed by atoms with Crippen molar-refractivity contribution in [2.24, 2.45) is 0 Å². The number of methoxy groups -OCH3 is 1. The Hall–Kier alpha value is -4.69. The molecule has 1 heterocycles. The van der Waals surface area contributed by atoms with Gasteiger partial charge in [-0.05, 0) is 48.5 Å². The number of aromatic nitrogens is 2. The van der Waals surface area contributed by atoms with Crippen LogP contribution in [0.4, 0.5) is 17.6 Å². The Morgan fingerprint density at radius 3 is 2.46 bits per heavy atom. The summed E-state index contributed by atoms with van der Waals surface area (Å²) < 4.78 is 61.6. The van der Waals surface area contributed by atoms with Crippen LogP contribution in [0.15, 0.2) is 54.6 Å². The zero-order valence-electron chi connectivity index (χ0n) is 19.9. The van der Waals surface area contributed by atoms with E-state index in [4.69, 9.17) is 18.0 Å². The number of nitrogens with zero attached hydrogens (tertiary/aromatic N) is 2. The Morgan fingerprint density at radius 2 is 1.82 bits per heavy atom. The second-order valence-corrected chi connectivity index (χ2v) is 8.44. The smallest absolute Gasteiger partial charge is 0.417 e. The van der Waals surface area contributed by atoms with Gasteiger partial charge in [-0.3, -0.25) is 9.59 Å². The van der Waals surface area contributed by atoms with E-state index in [0.29, 0.717) is 10.7 Å². The minimum atomic E-state index is -4.93. The lowest BCUT2D eigenvalue weighted by atomic mass is 10.0. The number of alkyl halides is 3. The number of rotatable bonds is 5. The molecule has 0 aliphatic rings. The van der Waals surface area contributed by atoms with Crippen LogP contribution in [0, 0.1) is 18.2 Å². The molecular formula is C27H16ClF4N3O4. The van der Waals surface area contributed by atoms with Gasteiger partial charge >= 0.3 is 12.1 Å². The highest BCUT2D eigenvalue weighted by molar-refractivity contribution is 6.34. The van der Waals surface area contributed by atoms with Crippen LogP contribution in [0.5, 0.6) is 0 Å². The largest absolute Gasteiger partial charge is 0.465 e. The Kier molecular flexibility index (Phi) is 7.42. The second-order valence-electron chi connectivity index (χ2n) is 8.03. The number of terminal acetylenes is 1. The van der Waals surface area contributed by atoms with Crippen molar-refractivity contribution < 1.29 is 36.7 Å². The van der Waals surface area contributed by atoms with E-state index in [1.807, 2.05) is 0 Å². The fraction of sp³-hybridized carbons (Fsp3) is 0.111. The molecule has 3 aromatic carbocycles. The molecule has 1 N–H and O–H groups in total. The van der Waals surface area contributed by atoms with Crippen molar-refractivity contribution in [3.63, 3.8) is 0 Å². The maximum atomic E-state index is 15.1. The Balaban J connectivity index is 1.98. The van der Waals surface area contributed by atoms with Gasteiger partial charge in [-0.15, -0.1) is 6.42 Å². The molecule has 0 bridgehead atoms. The van der Waals surface area contributed by atoms with Crippen molar-refractivity contribution in [1.29, 1.82) is 0 Å². The molecular weight excluding hydrogens is 542 g/mol. The summed E-state index contributed by atoms with van der Waals surface area (Å²) in [6, 6.07) is 10.1. The predicted molar refractivity (Wildman–Crippen MR) is 134 cm³/mol. The van der Waals surface area contributed by atoms with Gasteiger partial charge in [0.2, 0.25) is 0 Å². The van der Waals surface area contributed by atoms with Crippen LogP contribution in [-0.4, -0.2) is 41.2 Å². The highest BCUT2D eigenvalue weighted by Crippen LogP contribution is 2.37. The molecule has 0 saturated carbocycles. The van der Waals surface area contributed by atoms with Gasteiger partial charge in [0.05, 0.1) is 40.9 Å². The van der Waals surface area contributed by atoms with Crippen LogP contribution in [0.3, 0.4) is 0 Å². The Labute approximate surface area is 223 Å². The van der Waals surface area contributed by atoms with Gasteiger partial charge in [0.1, 0.15) is 11.5 Å².